The summed E-state index contributed by atoms with van der Waals surface area (Å²) < 4.78 is 28.6. The van der Waals surface area contributed by atoms with Gasteiger partial charge in [0.05, 0.1) is 26.4 Å². The maximum atomic E-state index is 13.7. The van der Waals surface area contributed by atoms with Crippen molar-refractivity contribution in [3.63, 3.8) is 0 Å². The van der Waals surface area contributed by atoms with Gasteiger partial charge in [-0.1, -0.05) is 18.2 Å². The molecule has 7 heteroatoms. The van der Waals surface area contributed by atoms with Crippen LogP contribution in [0.2, 0.25) is 0 Å². The summed E-state index contributed by atoms with van der Waals surface area (Å²) in [6, 6.07) is 9.76. The molecule has 0 spiro atoms. The first-order chi connectivity index (χ1) is 10.3. The van der Waals surface area contributed by atoms with E-state index in [1.807, 2.05) is 39.7 Å². The molecular weight excluding hydrogens is 289 g/mol. The van der Waals surface area contributed by atoms with Gasteiger partial charge in [0.1, 0.15) is 0 Å². The summed E-state index contributed by atoms with van der Waals surface area (Å²) >= 11 is 0. The van der Waals surface area contributed by atoms with Gasteiger partial charge in [0.15, 0.2) is 0 Å². The third-order valence-corrected chi connectivity index (χ3v) is 6.67. The standard InChI is InChI=1S/C14H22N3O3P/c18-21(16-6-10-19-11-7-16,17-8-12-20-13-9-17)15-14-4-2-1-3-5-14/h1-5H,6-13H2,(H,15,18). The van der Waals surface area contributed by atoms with E-state index in [4.69, 9.17) is 9.47 Å². The van der Waals surface area contributed by atoms with Crippen molar-refractivity contribution in [2.75, 3.05) is 57.7 Å². The Morgan fingerprint density at radius 1 is 0.857 bits per heavy atom. The monoisotopic (exact) mass is 311 g/mol. The highest BCUT2D eigenvalue weighted by Gasteiger charge is 2.39. The van der Waals surface area contributed by atoms with Crippen molar-refractivity contribution < 1.29 is 14.0 Å². The van der Waals surface area contributed by atoms with Gasteiger partial charge in [-0.15, -0.1) is 0 Å². The van der Waals surface area contributed by atoms with Crippen LogP contribution in [0.15, 0.2) is 30.3 Å². The molecule has 1 aromatic carbocycles. The van der Waals surface area contributed by atoms with Gasteiger partial charge < -0.3 is 14.6 Å². The number of nitrogens with one attached hydrogen (secondary N) is 1. The molecule has 3 rings (SSSR count). The predicted octanol–water partition coefficient (Wildman–Crippen LogP) is 1.87. The molecule has 2 aliphatic rings. The fourth-order valence-electron chi connectivity index (χ4n) is 2.65. The zero-order chi connectivity index (χ0) is 14.5. The van der Waals surface area contributed by atoms with Crippen LogP contribution in [-0.2, 0) is 14.0 Å². The van der Waals surface area contributed by atoms with E-state index in [2.05, 4.69) is 5.09 Å². The Morgan fingerprint density at radius 3 is 1.81 bits per heavy atom. The van der Waals surface area contributed by atoms with Crippen molar-refractivity contribution >= 4 is 13.3 Å². The van der Waals surface area contributed by atoms with Crippen molar-refractivity contribution in [2.45, 2.75) is 0 Å². The Morgan fingerprint density at radius 2 is 1.33 bits per heavy atom. The van der Waals surface area contributed by atoms with E-state index in [0.29, 0.717) is 52.6 Å². The number of para-hydroxylation sites is 1. The average molecular weight is 311 g/mol. The highest BCUT2D eigenvalue weighted by molar-refractivity contribution is 7.60. The lowest BCUT2D eigenvalue weighted by atomic mass is 10.3. The van der Waals surface area contributed by atoms with Crippen LogP contribution in [0.3, 0.4) is 0 Å². The Labute approximate surface area is 125 Å². The molecule has 6 nitrogen and oxygen atoms in total. The number of nitrogens with zero attached hydrogens (tertiary/aromatic N) is 2. The topological polar surface area (TPSA) is 54.0 Å². The van der Waals surface area contributed by atoms with Gasteiger partial charge in [-0.25, -0.2) is 9.34 Å². The molecule has 0 aliphatic carbocycles. The lowest BCUT2D eigenvalue weighted by Crippen LogP contribution is -2.45. The van der Waals surface area contributed by atoms with Crippen LogP contribution in [0.25, 0.3) is 0 Å². The summed E-state index contributed by atoms with van der Waals surface area (Å²) in [4.78, 5) is 0. The summed E-state index contributed by atoms with van der Waals surface area (Å²) in [7, 11) is -2.84. The third-order valence-electron chi connectivity index (χ3n) is 3.79. The van der Waals surface area contributed by atoms with E-state index < -0.39 is 7.59 Å². The molecule has 2 fully saturated rings. The molecular formula is C14H22N3O3P. The van der Waals surface area contributed by atoms with Gasteiger partial charge in [0, 0.05) is 31.9 Å². The lowest BCUT2D eigenvalue weighted by molar-refractivity contribution is 0.0530. The molecule has 1 aromatic rings. The van der Waals surface area contributed by atoms with E-state index in [-0.39, 0.29) is 0 Å². The molecule has 2 aliphatic heterocycles. The molecule has 2 saturated heterocycles. The van der Waals surface area contributed by atoms with Crippen LogP contribution in [0.5, 0.6) is 0 Å². The van der Waals surface area contributed by atoms with Gasteiger partial charge in [-0.3, -0.25) is 4.57 Å². The lowest BCUT2D eigenvalue weighted by Gasteiger charge is -2.42. The molecule has 0 bridgehead atoms. The van der Waals surface area contributed by atoms with Crippen LogP contribution in [0.1, 0.15) is 0 Å². The van der Waals surface area contributed by atoms with E-state index in [1.54, 1.807) is 0 Å². The number of ether oxygens (including phenoxy) is 2. The molecule has 2 heterocycles. The number of hydrogen-bond acceptors (Lipinski definition) is 3. The molecule has 21 heavy (non-hydrogen) atoms. The van der Waals surface area contributed by atoms with Crippen LogP contribution in [0, 0.1) is 0 Å². The minimum absolute atomic E-state index is 0.630. The first kappa shape index (κ1) is 15.0. The second-order valence-corrected chi connectivity index (χ2v) is 7.60. The highest BCUT2D eigenvalue weighted by Crippen LogP contribution is 2.53. The largest absolute Gasteiger partial charge is 0.379 e. The minimum atomic E-state index is -2.84. The zero-order valence-electron chi connectivity index (χ0n) is 12.1. The molecule has 0 saturated carbocycles. The zero-order valence-corrected chi connectivity index (χ0v) is 13.0. The quantitative estimate of drug-likeness (QED) is 0.857. The smallest absolute Gasteiger partial charge is 0.308 e. The van der Waals surface area contributed by atoms with E-state index in [0.717, 1.165) is 5.69 Å². The number of morpholine rings is 2. The maximum Gasteiger partial charge on any atom is 0.308 e. The first-order valence-corrected chi connectivity index (χ1v) is 9.00. The molecule has 0 amide bonds. The summed E-state index contributed by atoms with van der Waals surface area (Å²) in [5.74, 6) is 0. The number of rotatable bonds is 4. The number of anilines is 1. The van der Waals surface area contributed by atoms with Crippen molar-refractivity contribution in [3.05, 3.63) is 30.3 Å². The van der Waals surface area contributed by atoms with E-state index >= 15 is 0 Å². The molecule has 0 atom stereocenters. The van der Waals surface area contributed by atoms with Gasteiger partial charge in [-0.05, 0) is 12.1 Å². The summed E-state index contributed by atoms with van der Waals surface area (Å²) in [6.07, 6.45) is 0. The molecule has 0 aromatic heterocycles. The van der Waals surface area contributed by atoms with Gasteiger partial charge in [-0.2, -0.15) is 0 Å². The molecule has 116 valence electrons. The minimum Gasteiger partial charge on any atom is -0.379 e. The van der Waals surface area contributed by atoms with Crippen LogP contribution >= 0.6 is 7.59 Å². The van der Waals surface area contributed by atoms with Crippen molar-refractivity contribution in [1.29, 1.82) is 0 Å². The summed E-state index contributed by atoms with van der Waals surface area (Å²) in [5, 5.41) is 3.29. The fourth-order valence-corrected chi connectivity index (χ4v) is 5.19. The van der Waals surface area contributed by atoms with Crippen molar-refractivity contribution in [3.8, 4) is 0 Å². The molecule has 1 N–H and O–H groups in total. The van der Waals surface area contributed by atoms with Gasteiger partial charge in [0.2, 0.25) is 0 Å². The van der Waals surface area contributed by atoms with Crippen LogP contribution in [-0.4, -0.2) is 61.9 Å². The highest BCUT2D eigenvalue weighted by atomic mass is 31.2. The summed E-state index contributed by atoms with van der Waals surface area (Å²) in [6.45, 7) is 5.27. The second-order valence-electron chi connectivity index (χ2n) is 5.15. The van der Waals surface area contributed by atoms with Crippen LogP contribution in [0.4, 0.5) is 5.69 Å². The second kappa shape index (κ2) is 6.90. The van der Waals surface area contributed by atoms with Crippen molar-refractivity contribution in [2.24, 2.45) is 0 Å². The fraction of sp³-hybridized carbons (Fsp3) is 0.571. The predicted molar refractivity (Wildman–Crippen MR) is 82.5 cm³/mol. The Hall–Kier alpha value is -0.910. The Balaban J connectivity index is 1.83. The first-order valence-electron chi connectivity index (χ1n) is 7.39. The summed E-state index contributed by atoms with van der Waals surface area (Å²) in [5.41, 5.74) is 0.888. The number of hydrogen-bond donors (Lipinski definition) is 1. The molecule has 0 unspecified atom stereocenters. The van der Waals surface area contributed by atoms with Gasteiger partial charge >= 0.3 is 7.59 Å². The Kier molecular flexibility index (Phi) is 4.93. The number of benzene rings is 1. The van der Waals surface area contributed by atoms with Crippen molar-refractivity contribution in [1.82, 2.24) is 9.34 Å². The van der Waals surface area contributed by atoms with Crippen LogP contribution < -0.4 is 5.09 Å². The average Bonchev–Trinajstić information content (AvgIpc) is 2.57. The molecule has 0 radical (unpaired) electrons. The van der Waals surface area contributed by atoms with E-state index in [1.165, 1.54) is 0 Å². The third kappa shape index (κ3) is 3.47. The SMILES string of the molecule is O=P(Nc1ccccc1)(N1CCOCC1)N1CCOCC1. The maximum absolute atomic E-state index is 13.7. The Bertz CT molecular complexity index is 465. The normalized spacial score (nSPS) is 22.1. The van der Waals surface area contributed by atoms with E-state index in [9.17, 15) is 4.57 Å². The van der Waals surface area contributed by atoms with Gasteiger partial charge in [0.25, 0.3) is 0 Å².